The monoisotopic (exact) mass is 279 g/mol. The molecule has 1 aromatic carbocycles. The van der Waals surface area contributed by atoms with Gasteiger partial charge in [0.2, 0.25) is 0 Å². The van der Waals surface area contributed by atoms with Crippen LogP contribution in [0.1, 0.15) is 15.9 Å². The van der Waals surface area contributed by atoms with Gasteiger partial charge in [-0.05, 0) is 29.8 Å². The number of pyridine rings is 1. The number of hydrogen-bond acceptors (Lipinski definition) is 3. The highest BCUT2D eigenvalue weighted by Gasteiger charge is 2.08. The van der Waals surface area contributed by atoms with Crippen molar-refractivity contribution in [1.29, 1.82) is 0 Å². The number of carboxylic acid groups (broad SMARTS) is 1. The Morgan fingerprint density at radius 2 is 2.10 bits per heavy atom. The van der Waals surface area contributed by atoms with Crippen molar-refractivity contribution < 1.29 is 9.90 Å². The zero-order chi connectivity index (χ0) is 14.7. The van der Waals surface area contributed by atoms with E-state index < -0.39 is 5.97 Å². The molecular formula is C16H13N3O2. The molecule has 104 valence electrons. The lowest BCUT2D eigenvalue weighted by Crippen LogP contribution is -2.03. The van der Waals surface area contributed by atoms with Crippen molar-refractivity contribution in [3.63, 3.8) is 0 Å². The molecule has 2 heterocycles. The first-order chi connectivity index (χ1) is 10.2. The maximum absolute atomic E-state index is 11.0. The zero-order valence-electron chi connectivity index (χ0n) is 11.2. The fourth-order valence-electron chi connectivity index (χ4n) is 2.19. The van der Waals surface area contributed by atoms with Gasteiger partial charge in [0.05, 0.1) is 5.56 Å². The zero-order valence-corrected chi connectivity index (χ0v) is 11.2. The average Bonchev–Trinajstić information content (AvgIpc) is 2.96. The molecule has 3 rings (SSSR count). The molecule has 2 aromatic heterocycles. The standard InChI is InChI=1S/C16H13N3O2/c20-16(21)13-4-1-3-12(9-13)11-19-8-7-18-15(19)14-5-2-6-17-10-14/h1-10H,11H2,(H,20,21). The van der Waals surface area contributed by atoms with Crippen molar-refractivity contribution in [2.45, 2.75) is 6.54 Å². The van der Waals surface area contributed by atoms with E-state index in [1.165, 1.54) is 0 Å². The average molecular weight is 279 g/mol. The summed E-state index contributed by atoms with van der Waals surface area (Å²) in [5.74, 6) is -0.112. The number of benzene rings is 1. The third-order valence-corrected chi connectivity index (χ3v) is 3.16. The van der Waals surface area contributed by atoms with Gasteiger partial charge in [-0.2, -0.15) is 0 Å². The van der Waals surface area contributed by atoms with E-state index in [0.717, 1.165) is 17.0 Å². The highest BCUT2D eigenvalue weighted by Crippen LogP contribution is 2.17. The number of aromatic nitrogens is 3. The summed E-state index contributed by atoms with van der Waals surface area (Å²) in [5.41, 5.74) is 2.13. The van der Waals surface area contributed by atoms with Crippen LogP contribution in [0.5, 0.6) is 0 Å². The van der Waals surface area contributed by atoms with Gasteiger partial charge in [0.25, 0.3) is 0 Å². The predicted molar refractivity (Wildman–Crippen MR) is 78.0 cm³/mol. The SMILES string of the molecule is O=C(O)c1cccc(Cn2ccnc2-c2cccnc2)c1. The molecule has 0 amide bonds. The molecule has 0 aliphatic rings. The maximum atomic E-state index is 11.0. The van der Waals surface area contributed by atoms with Crippen molar-refractivity contribution >= 4 is 5.97 Å². The van der Waals surface area contributed by atoms with E-state index in [1.807, 2.05) is 29.0 Å². The van der Waals surface area contributed by atoms with Crippen LogP contribution in [0, 0.1) is 0 Å². The molecule has 1 N–H and O–H groups in total. The van der Waals surface area contributed by atoms with Gasteiger partial charge in [-0.15, -0.1) is 0 Å². The summed E-state index contributed by atoms with van der Waals surface area (Å²) in [6.45, 7) is 0.561. The van der Waals surface area contributed by atoms with Crippen LogP contribution in [0.3, 0.4) is 0 Å². The minimum absolute atomic E-state index is 0.288. The van der Waals surface area contributed by atoms with Crippen molar-refractivity contribution in [3.8, 4) is 11.4 Å². The van der Waals surface area contributed by atoms with E-state index >= 15 is 0 Å². The van der Waals surface area contributed by atoms with E-state index in [-0.39, 0.29) is 5.56 Å². The van der Waals surface area contributed by atoms with Crippen LogP contribution in [-0.4, -0.2) is 25.6 Å². The predicted octanol–water partition coefficient (Wildman–Crippen LogP) is 2.69. The highest BCUT2D eigenvalue weighted by atomic mass is 16.4. The van der Waals surface area contributed by atoms with Crippen molar-refractivity contribution in [1.82, 2.24) is 14.5 Å². The second-order valence-corrected chi connectivity index (χ2v) is 4.63. The topological polar surface area (TPSA) is 68.0 Å². The van der Waals surface area contributed by atoms with E-state index in [2.05, 4.69) is 9.97 Å². The maximum Gasteiger partial charge on any atom is 0.335 e. The number of rotatable bonds is 4. The van der Waals surface area contributed by atoms with Gasteiger partial charge < -0.3 is 9.67 Å². The second kappa shape index (κ2) is 5.58. The van der Waals surface area contributed by atoms with Gasteiger partial charge in [-0.3, -0.25) is 4.98 Å². The van der Waals surface area contributed by atoms with Gasteiger partial charge in [0.1, 0.15) is 5.82 Å². The lowest BCUT2D eigenvalue weighted by Gasteiger charge is -2.08. The molecule has 0 saturated heterocycles. The number of imidazole rings is 1. The molecule has 0 aliphatic carbocycles. The Hall–Kier alpha value is -2.95. The van der Waals surface area contributed by atoms with Crippen molar-refractivity contribution in [2.24, 2.45) is 0 Å². The van der Waals surface area contributed by atoms with Gasteiger partial charge in [-0.25, -0.2) is 9.78 Å². The number of hydrogen-bond donors (Lipinski definition) is 1. The third kappa shape index (κ3) is 2.81. The number of aromatic carboxylic acids is 1. The van der Waals surface area contributed by atoms with Crippen LogP contribution >= 0.6 is 0 Å². The molecule has 21 heavy (non-hydrogen) atoms. The Bertz CT molecular complexity index is 766. The fraction of sp³-hybridized carbons (Fsp3) is 0.0625. The molecular weight excluding hydrogens is 266 g/mol. The van der Waals surface area contributed by atoms with Crippen LogP contribution in [-0.2, 0) is 6.54 Å². The Kier molecular flexibility index (Phi) is 3.47. The summed E-state index contributed by atoms with van der Waals surface area (Å²) >= 11 is 0. The van der Waals surface area contributed by atoms with Crippen molar-refractivity contribution in [3.05, 3.63) is 72.3 Å². The van der Waals surface area contributed by atoms with Crippen LogP contribution in [0.4, 0.5) is 0 Å². The van der Waals surface area contributed by atoms with Crippen LogP contribution in [0.25, 0.3) is 11.4 Å². The Labute approximate surface area is 121 Å². The Morgan fingerprint density at radius 1 is 1.19 bits per heavy atom. The van der Waals surface area contributed by atoms with Gasteiger partial charge >= 0.3 is 5.97 Å². The van der Waals surface area contributed by atoms with Gasteiger partial charge in [-0.1, -0.05) is 12.1 Å². The lowest BCUT2D eigenvalue weighted by molar-refractivity contribution is 0.0696. The lowest BCUT2D eigenvalue weighted by atomic mass is 10.1. The third-order valence-electron chi connectivity index (χ3n) is 3.16. The summed E-state index contributed by atoms with van der Waals surface area (Å²) < 4.78 is 1.97. The molecule has 0 spiro atoms. The van der Waals surface area contributed by atoms with Crippen LogP contribution in [0.15, 0.2) is 61.2 Å². The molecule has 5 nitrogen and oxygen atoms in total. The number of nitrogens with zero attached hydrogens (tertiary/aromatic N) is 3. The fourth-order valence-corrected chi connectivity index (χ4v) is 2.19. The summed E-state index contributed by atoms with van der Waals surface area (Å²) in [5, 5.41) is 9.04. The largest absolute Gasteiger partial charge is 0.478 e. The van der Waals surface area contributed by atoms with Crippen molar-refractivity contribution in [2.75, 3.05) is 0 Å². The molecule has 0 radical (unpaired) electrons. The second-order valence-electron chi connectivity index (χ2n) is 4.63. The first-order valence-electron chi connectivity index (χ1n) is 6.48. The molecule has 0 unspecified atom stereocenters. The van der Waals surface area contributed by atoms with Crippen LogP contribution < -0.4 is 0 Å². The van der Waals surface area contributed by atoms with Crippen LogP contribution in [0.2, 0.25) is 0 Å². The minimum Gasteiger partial charge on any atom is -0.478 e. The van der Waals surface area contributed by atoms with E-state index in [4.69, 9.17) is 5.11 Å². The molecule has 3 aromatic rings. The first-order valence-corrected chi connectivity index (χ1v) is 6.48. The van der Waals surface area contributed by atoms with E-state index in [1.54, 1.807) is 36.8 Å². The number of carboxylic acids is 1. The summed E-state index contributed by atoms with van der Waals surface area (Å²) in [6, 6.07) is 10.7. The molecule has 0 aliphatic heterocycles. The molecule has 0 fully saturated rings. The normalized spacial score (nSPS) is 10.5. The molecule has 0 saturated carbocycles. The molecule has 5 heteroatoms. The van der Waals surface area contributed by atoms with E-state index in [0.29, 0.717) is 6.54 Å². The summed E-state index contributed by atoms with van der Waals surface area (Å²) in [4.78, 5) is 19.5. The van der Waals surface area contributed by atoms with E-state index in [9.17, 15) is 4.79 Å². The number of carbonyl (C=O) groups is 1. The summed E-state index contributed by atoms with van der Waals surface area (Å²) in [7, 11) is 0. The minimum atomic E-state index is -0.921. The first kappa shape index (κ1) is 13.1. The Morgan fingerprint density at radius 3 is 2.86 bits per heavy atom. The highest BCUT2D eigenvalue weighted by molar-refractivity contribution is 5.87. The summed E-state index contributed by atoms with van der Waals surface area (Å²) in [6.07, 6.45) is 7.07. The van der Waals surface area contributed by atoms with Gasteiger partial charge in [0, 0.05) is 36.9 Å². The smallest absolute Gasteiger partial charge is 0.335 e. The Balaban J connectivity index is 1.92. The quantitative estimate of drug-likeness (QED) is 0.797. The molecule has 0 bridgehead atoms. The molecule has 0 atom stereocenters. The van der Waals surface area contributed by atoms with Gasteiger partial charge in [0.15, 0.2) is 0 Å².